The Balaban J connectivity index is 1.94. The van der Waals surface area contributed by atoms with Crippen molar-refractivity contribution in [1.29, 1.82) is 0 Å². The number of imide groups is 1. The fraction of sp³-hybridized carbons (Fsp3) is 0.353. The van der Waals surface area contributed by atoms with Gasteiger partial charge in [-0.3, -0.25) is 24.1 Å². The van der Waals surface area contributed by atoms with Crippen LogP contribution in [0.3, 0.4) is 0 Å². The van der Waals surface area contributed by atoms with Crippen LogP contribution in [0, 0.1) is 5.82 Å². The molecule has 0 saturated carbocycles. The highest BCUT2D eigenvalue weighted by Gasteiger charge is 2.45. The lowest BCUT2D eigenvalue weighted by Gasteiger charge is -2.15. The van der Waals surface area contributed by atoms with Crippen molar-refractivity contribution < 1.29 is 33.1 Å². The molecule has 0 atom stereocenters. The summed E-state index contributed by atoms with van der Waals surface area (Å²) in [6.07, 6.45) is 0. The van der Waals surface area contributed by atoms with Gasteiger partial charge in [-0.2, -0.15) is 0 Å². The minimum absolute atomic E-state index is 0.176. The predicted octanol–water partition coefficient (Wildman–Crippen LogP) is 0.840. The molecule has 10 heteroatoms. The number of hydrogen-bond donors (Lipinski definition) is 2. The number of ether oxygens (including phenoxy) is 1. The molecule has 2 N–H and O–H groups in total. The van der Waals surface area contributed by atoms with Crippen molar-refractivity contribution in [2.45, 2.75) is 26.3 Å². The molecule has 1 aromatic carbocycles. The Bertz CT molecular complexity index is 836. The van der Waals surface area contributed by atoms with Gasteiger partial charge < -0.3 is 15.4 Å². The van der Waals surface area contributed by atoms with Crippen LogP contribution in [-0.4, -0.2) is 53.2 Å². The van der Waals surface area contributed by atoms with Gasteiger partial charge in [0.1, 0.15) is 17.9 Å². The summed E-state index contributed by atoms with van der Waals surface area (Å²) >= 11 is 0. The Morgan fingerprint density at radius 2 is 1.93 bits per heavy atom. The Labute approximate surface area is 153 Å². The Hall–Kier alpha value is -3.30. The number of rotatable bonds is 6. The highest BCUT2D eigenvalue weighted by Crippen LogP contribution is 2.17. The zero-order chi connectivity index (χ0) is 20.4. The Morgan fingerprint density at radius 3 is 2.44 bits per heavy atom. The van der Waals surface area contributed by atoms with Gasteiger partial charge in [-0.15, -0.1) is 0 Å². The molecule has 4 amide bonds. The minimum atomic E-state index is -1.13. The minimum Gasteiger partial charge on any atom is -0.456 e. The first-order valence-electron chi connectivity index (χ1n) is 7.91. The SMILES string of the molecule is CC(=O)Nc1ccc(C(=O)COC(=O)CN2C(=O)NC(C)(C)C2=O)c(F)c1. The van der Waals surface area contributed by atoms with Crippen LogP contribution in [0.4, 0.5) is 14.9 Å². The van der Waals surface area contributed by atoms with E-state index in [0.717, 1.165) is 12.1 Å². The molecule has 1 fully saturated rings. The number of anilines is 1. The van der Waals surface area contributed by atoms with Crippen LogP contribution in [0.15, 0.2) is 18.2 Å². The molecule has 9 nitrogen and oxygen atoms in total. The van der Waals surface area contributed by atoms with Crippen molar-refractivity contribution in [1.82, 2.24) is 10.2 Å². The van der Waals surface area contributed by atoms with Crippen molar-refractivity contribution in [2.24, 2.45) is 0 Å². The van der Waals surface area contributed by atoms with E-state index in [-0.39, 0.29) is 11.3 Å². The molecule has 0 unspecified atom stereocenters. The second kappa shape index (κ2) is 7.52. The number of nitrogens with zero attached hydrogens (tertiary/aromatic N) is 1. The van der Waals surface area contributed by atoms with Gasteiger partial charge in [0.15, 0.2) is 6.61 Å². The lowest BCUT2D eigenvalue weighted by atomic mass is 10.1. The summed E-state index contributed by atoms with van der Waals surface area (Å²) in [7, 11) is 0. The van der Waals surface area contributed by atoms with E-state index >= 15 is 0 Å². The maximum absolute atomic E-state index is 14.0. The molecular formula is C17H18FN3O6. The van der Waals surface area contributed by atoms with Crippen molar-refractivity contribution in [3.05, 3.63) is 29.6 Å². The van der Waals surface area contributed by atoms with Gasteiger partial charge in [0.05, 0.1) is 5.56 Å². The van der Waals surface area contributed by atoms with Crippen molar-refractivity contribution >= 4 is 35.3 Å². The first kappa shape index (κ1) is 20.0. The first-order valence-corrected chi connectivity index (χ1v) is 7.91. The van der Waals surface area contributed by atoms with E-state index in [9.17, 15) is 28.4 Å². The van der Waals surface area contributed by atoms with E-state index in [2.05, 4.69) is 10.6 Å². The molecule has 0 aliphatic carbocycles. The first-order chi connectivity index (χ1) is 12.5. The van der Waals surface area contributed by atoms with E-state index in [0.29, 0.717) is 4.90 Å². The number of ketones is 1. The maximum atomic E-state index is 14.0. The van der Waals surface area contributed by atoms with Crippen LogP contribution in [0.5, 0.6) is 0 Å². The summed E-state index contributed by atoms with van der Waals surface area (Å²) < 4.78 is 18.7. The number of Topliss-reactive ketones (excluding diaryl/α,β-unsaturated/α-hetero) is 1. The highest BCUT2D eigenvalue weighted by atomic mass is 19.1. The van der Waals surface area contributed by atoms with Crippen LogP contribution in [-0.2, 0) is 19.1 Å². The topological polar surface area (TPSA) is 122 Å². The Morgan fingerprint density at radius 1 is 1.26 bits per heavy atom. The van der Waals surface area contributed by atoms with Gasteiger partial charge in [0.25, 0.3) is 5.91 Å². The van der Waals surface area contributed by atoms with Crippen molar-refractivity contribution in [3.63, 3.8) is 0 Å². The lowest BCUT2D eigenvalue weighted by molar-refractivity contribution is -0.146. The summed E-state index contributed by atoms with van der Waals surface area (Å²) in [5.74, 6) is -3.69. The number of carbonyl (C=O) groups excluding carboxylic acids is 5. The molecule has 0 radical (unpaired) electrons. The van der Waals surface area contributed by atoms with Gasteiger partial charge in [0, 0.05) is 12.6 Å². The number of benzene rings is 1. The lowest BCUT2D eigenvalue weighted by Crippen LogP contribution is -2.41. The van der Waals surface area contributed by atoms with Crippen LogP contribution in [0.2, 0.25) is 0 Å². The number of carbonyl (C=O) groups is 5. The van der Waals surface area contributed by atoms with Crippen LogP contribution in [0.25, 0.3) is 0 Å². The molecule has 1 aromatic rings. The maximum Gasteiger partial charge on any atom is 0.326 e. The molecule has 0 bridgehead atoms. The third kappa shape index (κ3) is 4.66. The molecular weight excluding hydrogens is 361 g/mol. The highest BCUT2D eigenvalue weighted by molar-refractivity contribution is 6.08. The molecule has 0 aromatic heterocycles. The molecule has 144 valence electrons. The number of esters is 1. The van der Waals surface area contributed by atoms with E-state index in [1.807, 2.05) is 0 Å². The van der Waals surface area contributed by atoms with Gasteiger partial charge in [-0.05, 0) is 32.0 Å². The number of urea groups is 1. The summed E-state index contributed by atoms with van der Waals surface area (Å²) in [5.41, 5.74) is -1.28. The normalized spacial score (nSPS) is 15.3. The van der Waals surface area contributed by atoms with Crippen LogP contribution < -0.4 is 10.6 Å². The molecule has 0 spiro atoms. The van der Waals surface area contributed by atoms with Gasteiger partial charge in [0.2, 0.25) is 11.7 Å². The van der Waals surface area contributed by atoms with E-state index in [1.54, 1.807) is 0 Å². The zero-order valence-electron chi connectivity index (χ0n) is 14.9. The monoisotopic (exact) mass is 379 g/mol. The fourth-order valence-corrected chi connectivity index (χ4v) is 2.38. The van der Waals surface area contributed by atoms with E-state index in [1.165, 1.54) is 26.8 Å². The average molecular weight is 379 g/mol. The molecule has 1 saturated heterocycles. The third-order valence-corrected chi connectivity index (χ3v) is 3.69. The number of nitrogens with one attached hydrogen (secondary N) is 2. The predicted molar refractivity (Wildman–Crippen MR) is 90.3 cm³/mol. The van der Waals surface area contributed by atoms with E-state index < -0.39 is 54.1 Å². The summed E-state index contributed by atoms with van der Waals surface area (Å²) in [6, 6.07) is 2.70. The van der Waals surface area contributed by atoms with Crippen LogP contribution >= 0.6 is 0 Å². The standard InChI is InChI=1S/C17H18FN3O6/c1-9(22)19-10-4-5-11(12(18)6-10)13(23)8-27-14(24)7-21-15(25)17(2,3)20-16(21)26/h4-6H,7-8H2,1-3H3,(H,19,22)(H,20,26). The molecule has 1 aliphatic heterocycles. The molecule has 1 aliphatic rings. The summed E-state index contributed by atoms with van der Waals surface area (Å²) in [6.45, 7) is 2.79. The number of hydrogen-bond acceptors (Lipinski definition) is 6. The third-order valence-electron chi connectivity index (χ3n) is 3.69. The van der Waals surface area contributed by atoms with E-state index in [4.69, 9.17) is 4.74 Å². The average Bonchev–Trinajstić information content (AvgIpc) is 2.74. The fourth-order valence-electron chi connectivity index (χ4n) is 2.38. The molecule has 27 heavy (non-hydrogen) atoms. The molecule has 2 rings (SSSR count). The Kier molecular flexibility index (Phi) is 5.58. The van der Waals surface area contributed by atoms with Crippen molar-refractivity contribution in [3.8, 4) is 0 Å². The second-order valence-electron chi connectivity index (χ2n) is 6.41. The number of halogens is 1. The second-order valence-corrected chi connectivity index (χ2v) is 6.41. The van der Waals surface area contributed by atoms with Gasteiger partial charge >= 0.3 is 12.0 Å². The van der Waals surface area contributed by atoms with Crippen molar-refractivity contribution in [2.75, 3.05) is 18.5 Å². The number of amides is 4. The van der Waals surface area contributed by atoms with Gasteiger partial charge in [-0.25, -0.2) is 9.18 Å². The summed E-state index contributed by atoms with van der Waals surface area (Å²) in [4.78, 5) is 59.1. The zero-order valence-corrected chi connectivity index (χ0v) is 14.9. The molecule has 1 heterocycles. The summed E-state index contributed by atoms with van der Waals surface area (Å²) in [5, 5.41) is 4.76. The van der Waals surface area contributed by atoms with Gasteiger partial charge in [-0.1, -0.05) is 0 Å². The van der Waals surface area contributed by atoms with Crippen LogP contribution in [0.1, 0.15) is 31.1 Å². The quantitative estimate of drug-likeness (QED) is 0.429. The largest absolute Gasteiger partial charge is 0.456 e. The smallest absolute Gasteiger partial charge is 0.326 e.